The summed E-state index contributed by atoms with van der Waals surface area (Å²) in [5.41, 5.74) is 0. The van der Waals surface area contributed by atoms with E-state index in [1.807, 2.05) is 0 Å². The fourth-order valence-corrected chi connectivity index (χ4v) is 8.92. The van der Waals surface area contributed by atoms with Gasteiger partial charge in [0, 0.05) is 38.3 Å². The Bertz CT molecular complexity index is 1030. The fraction of sp³-hybridized carbons (Fsp3) is 0.927. The summed E-state index contributed by atoms with van der Waals surface area (Å²) in [6, 6.07) is 0.223. The molecule has 378 valence electrons. The van der Waals surface area contributed by atoms with Gasteiger partial charge in [-0.15, -0.1) is 0 Å². The molecule has 2 atom stereocenters. The van der Waals surface area contributed by atoms with Gasteiger partial charge in [-0.05, 0) is 103 Å². The summed E-state index contributed by atoms with van der Waals surface area (Å²) in [5, 5.41) is 0. The van der Waals surface area contributed by atoms with Crippen molar-refractivity contribution in [3.05, 3.63) is 0 Å². The van der Waals surface area contributed by atoms with Crippen molar-refractivity contribution in [2.24, 2.45) is 11.8 Å². The lowest BCUT2D eigenvalue weighted by Gasteiger charge is -2.33. The third-order valence-electron chi connectivity index (χ3n) is 13.2. The van der Waals surface area contributed by atoms with Gasteiger partial charge in [-0.25, -0.2) is 0 Å². The number of ether oxygens (including phenoxy) is 3. The molecule has 0 aliphatic carbocycles. The predicted molar refractivity (Wildman–Crippen MR) is 268 cm³/mol. The molecule has 9 heteroatoms. The summed E-state index contributed by atoms with van der Waals surface area (Å²) in [4.78, 5) is 55.0. The van der Waals surface area contributed by atoms with Crippen molar-refractivity contribution in [2.45, 2.75) is 271 Å². The van der Waals surface area contributed by atoms with Crippen LogP contribution in [0.5, 0.6) is 0 Å². The number of carbonyl (C=O) groups excluding carboxylic acids is 4. The van der Waals surface area contributed by atoms with E-state index in [1.165, 1.54) is 97.0 Å². The van der Waals surface area contributed by atoms with Crippen LogP contribution in [0.1, 0.15) is 265 Å². The van der Waals surface area contributed by atoms with Crippen LogP contribution in [0, 0.1) is 11.8 Å². The Balaban J connectivity index is 4.98. The number of unbranched alkanes of at least 4 members (excludes halogenated alkanes) is 19. The van der Waals surface area contributed by atoms with Crippen LogP contribution < -0.4 is 0 Å². The van der Waals surface area contributed by atoms with Crippen molar-refractivity contribution in [1.29, 1.82) is 0 Å². The quantitative estimate of drug-likeness (QED) is 0.0338. The van der Waals surface area contributed by atoms with Crippen LogP contribution in [0.4, 0.5) is 0 Å². The lowest BCUT2D eigenvalue weighted by molar-refractivity contribution is -0.146. The van der Waals surface area contributed by atoms with Crippen LogP contribution in [-0.2, 0) is 33.4 Å². The van der Waals surface area contributed by atoms with E-state index in [1.54, 1.807) is 0 Å². The lowest BCUT2D eigenvalue weighted by Crippen LogP contribution is -2.41. The third kappa shape index (κ3) is 39.0. The average molecular weight is 907 g/mol. The molecule has 0 aliphatic heterocycles. The topological polar surface area (TPSA) is 102 Å². The Morgan fingerprint density at radius 2 is 0.750 bits per heavy atom. The molecule has 0 saturated heterocycles. The van der Waals surface area contributed by atoms with Crippen molar-refractivity contribution in [3.8, 4) is 0 Å². The molecule has 0 aromatic rings. The van der Waals surface area contributed by atoms with Crippen LogP contribution in [0.3, 0.4) is 0 Å². The maximum Gasteiger partial charge on any atom is 0.305 e. The van der Waals surface area contributed by atoms with Gasteiger partial charge in [-0.2, -0.15) is 0 Å². The molecule has 0 aromatic carbocycles. The van der Waals surface area contributed by atoms with Gasteiger partial charge in [0.2, 0.25) is 5.91 Å². The minimum atomic E-state index is -0.216. The van der Waals surface area contributed by atoms with E-state index in [4.69, 9.17) is 14.2 Å². The number of methoxy groups -OCH3 is 1. The summed E-state index contributed by atoms with van der Waals surface area (Å²) in [6.07, 6.45) is 38.7. The van der Waals surface area contributed by atoms with Gasteiger partial charge in [0.15, 0.2) is 0 Å². The number of esters is 3. The first-order chi connectivity index (χ1) is 31.1. The largest absolute Gasteiger partial charge is 0.469 e. The molecule has 0 aliphatic rings. The molecule has 9 nitrogen and oxygen atoms in total. The van der Waals surface area contributed by atoms with E-state index < -0.39 is 0 Å². The van der Waals surface area contributed by atoms with E-state index in [0.29, 0.717) is 63.6 Å². The highest BCUT2D eigenvalue weighted by Crippen LogP contribution is 2.23. The maximum atomic E-state index is 13.8. The Hall–Kier alpha value is -2.16. The summed E-state index contributed by atoms with van der Waals surface area (Å²) < 4.78 is 16.3. The zero-order chi connectivity index (χ0) is 47.3. The molecule has 2 unspecified atom stereocenters. The first-order valence-electron chi connectivity index (χ1n) is 27.4. The summed E-state index contributed by atoms with van der Waals surface area (Å²) in [7, 11) is 5.59. The van der Waals surface area contributed by atoms with E-state index >= 15 is 0 Å². The van der Waals surface area contributed by atoms with Crippen LogP contribution in [0.25, 0.3) is 0 Å². The second-order valence-corrected chi connectivity index (χ2v) is 19.6. The molecule has 1 amide bonds. The number of nitrogens with zero attached hydrogens (tertiary/aromatic N) is 2. The van der Waals surface area contributed by atoms with Gasteiger partial charge in [0.05, 0.1) is 20.3 Å². The van der Waals surface area contributed by atoms with Gasteiger partial charge >= 0.3 is 17.9 Å². The molecule has 0 aromatic heterocycles. The summed E-state index contributed by atoms with van der Waals surface area (Å²) in [5.74, 6) is 0.952. The van der Waals surface area contributed by atoms with Crippen molar-refractivity contribution < 1.29 is 33.4 Å². The normalized spacial score (nSPS) is 12.9. The number of carbonyl (C=O) groups is 4. The van der Waals surface area contributed by atoms with Crippen LogP contribution >= 0.6 is 0 Å². The van der Waals surface area contributed by atoms with E-state index in [-0.39, 0.29) is 29.9 Å². The Morgan fingerprint density at radius 1 is 0.391 bits per heavy atom. The van der Waals surface area contributed by atoms with Gasteiger partial charge in [0.25, 0.3) is 0 Å². The molecule has 0 saturated carbocycles. The second kappa shape index (κ2) is 46.0. The zero-order valence-corrected chi connectivity index (χ0v) is 43.5. The van der Waals surface area contributed by atoms with E-state index in [2.05, 4.69) is 51.6 Å². The lowest BCUT2D eigenvalue weighted by atomic mass is 9.96. The molecule has 0 radical (unpaired) electrons. The molecule has 0 fully saturated rings. The van der Waals surface area contributed by atoms with Crippen molar-refractivity contribution in [1.82, 2.24) is 9.80 Å². The highest BCUT2D eigenvalue weighted by atomic mass is 16.5. The predicted octanol–water partition coefficient (Wildman–Crippen LogP) is 14.8. The highest BCUT2D eigenvalue weighted by molar-refractivity contribution is 5.76. The monoisotopic (exact) mass is 907 g/mol. The standard InChI is InChI=1S/C55H106N2O7/c1-8-12-16-26-37-49(35-14-10-3)47-63-54(60)43-30-24-20-18-22-28-39-51(57(46-34-45-56(5)6)52(58)41-32-33-42-53(59)62-7)40-29-23-19-21-25-31-44-55(61)64-48-50(36-15-11-4)38-27-17-13-9-2/h49-51H,8-48H2,1-7H3. The summed E-state index contributed by atoms with van der Waals surface area (Å²) >= 11 is 0. The van der Waals surface area contributed by atoms with Crippen LogP contribution in [0.2, 0.25) is 0 Å². The molecule has 0 bridgehead atoms. The van der Waals surface area contributed by atoms with Gasteiger partial charge < -0.3 is 24.0 Å². The van der Waals surface area contributed by atoms with Gasteiger partial charge in [-0.3, -0.25) is 19.2 Å². The van der Waals surface area contributed by atoms with Crippen LogP contribution in [0.15, 0.2) is 0 Å². The molecule has 0 heterocycles. The Morgan fingerprint density at radius 3 is 1.19 bits per heavy atom. The first-order valence-corrected chi connectivity index (χ1v) is 27.4. The fourth-order valence-electron chi connectivity index (χ4n) is 8.92. The SMILES string of the molecule is CCCCCCC(CCCC)COC(=O)CCCCCCCCC(CCCCCCCCC(=O)OCC(CCCC)CCCCCC)N(CCCN(C)C)C(=O)CCCCC(=O)OC. The molecular formula is C55H106N2O7. The molecule has 64 heavy (non-hydrogen) atoms. The second-order valence-electron chi connectivity index (χ2n) is 19.6. The number of amides is 1. The average Bonchev–Trinajstić information content (AvgIpc) is 3.28. The van der Waals surface area contributed by atoms with E-state index in [0.717, 1.165) is 122 Å². The van der Waals surface area contributed by atoms with E-state index in [9.17, 15) is 19.2 Å². The smallest absolute Gasteiger partial charge is 0.305 e. The van der Waals surface area contributed by atoms with Gasteiger partial charge in [-0.1, -0.05) is 169 Å². The first kappa shape index (κ1) is 61.8. The number of hydrogen-bond acceptors (Lipinski definition) is 8. The minimum Gasteiger partial charge on any atom is -0.469 e. The van der Waals surface area contributed by atoms with Crippen molar-refractivity contribution in [2.75, 3.05) is 47.5 Å². The minimum absolute atomic E-state index is 0.0308. The highest BCUT2D eigenvalue weighted by Gasteiger charge is 2.23. The van der Waals surface area contributed by atoms with Crippen LogP contribution in [-0.4, -0.2) is 87.2 Å². The van der Waals surface area contributed by atoms with Crippen molar-refractivity contribution in [3.63, 3.8) is 0 Å². The molecular weight excluding hydrogens is 801 g/mol. The third-order valence-corrected chi connectivity index (χ3v) is 13.2. The van der Waals surface area contributed by atoms with Gasteiger partial charge in [0.1, 0.15) is 0 Å². The Labute approximate surface area is 396 Å². The molecule has 0 rings (SSSR count). The molecule has 0 spiro atoms. The molecule has 0 N–H and O–H groups in total. The van der Waals surface area contributed by atoms with Crippen molar-refractivity contribution >= 4 is 23.8 Å². The maximum absolute atomic E-state index is 13.8. The number of hydrogen-bond donors (Lipinski definition) is 0. The number of rotatable bonds is 48. The Kier molecular flexibility index (Phi) is 44.4. The zero-order valence-electron chi connectivity index (χ0n) is 43.5. The summed E-state index contributed by atoms with van der Waals surface area (Å²) in [6.45, 7) is 11.8.